The summed E-state index contributed by atoms with van der Waals surface area (Å²) in [5, 5.41) is 2.77. The first kappa shape index (κ1) is 19.9. The molecule has 8 heteroatoms. The predicted octanol–water partition coefficient (Wildman–Crippen LogP) is 5.42. The fourth-order valence-electron chi connectivity index (χ4n) is 2.29. The monoisotopic (exact) mass is 386 g/mol. The molecule has 0 radical (unpaired) electrons. The van der Waals surface area contributed by atoms with E-state index in [9.17, 15) is 18.0 Å². The molecule has 26 heavy (non-hydrogen) atoms. The molecular formula is C18H18ClF3N2O2. The van der Waals surface area contributed by atoms with Gasteiger partial charge in [-0.3, -0.25) is 0 Å². The summed E-state index contributed by atoms with van der Waals surface area (Å²) in [5.74, 6) is 0.0854. The number of hydrogen-bond acceptors (Lipinski definition) is 2. The van der Waals surface area contributed by atoms with Crippen molar-refractivity contribution in [3.05, 3.63) is 58.6 Å². The minimum atomic E-state index is -4.63. The van der Waals surface area contributed by atoms with Crippen molar-refractivity contribution in [1.82, 2.24) is 4.90 Å². The quantitative estimate of drug-likeness (QED) is 0.745. The zero-order valence-corrected chi connectivity index (χ0v) is 15.0. The van der Waals surface area contributed by atoms with E-state index in [2.05, 4.69) is 5.32 Å². The van der Waals surface area contributed by atoms with Crippen LogP contribution in [0.1, 0.15) is 18.1 Å². The lowest BCUT2D eigenvalue weighted by atomic mass is 10.1. The number of carbonyl (C=O) groups excluding carboxylic acids is 1. The van der Waals surface area contributed by atoms with Crippen molar-refractivity contribution in [2.45, 2.75) is 19.6 Å². The molecular weight excluding hydrogens is 369 g/mol. The molecule has 0 bridgehead atoms. The van der Waals surface area contributed by atoms with Crippen molar-refractivity contribution in [2.24, 2.45) is 0 Å². The molecule has 4 nitrogen and oxygen atoms in total. The summed E-state index contributed by atoms with van der Waals surface area (Å²) in [6.07, 6.45) is -4.63. The first-order valence-electron chi connectivity index (χ1n) is 7.82. The Morgan fingerprint density at radius 1 is 1.23 bits per heavy atom. The van der Waals surface area contributed by atoms with Crippen LogP contribution in [0.2, 0.25) is 5.02 Å². The molecule has 0 aliphatic rings. The number of amides is 2. The molecule has 0 aliphatic carbocycles. The number of alkyl halides is 3. The first-order chi connectivity index (χ1) is 12.2. The molecule has 0 fully saturated rings. The molecule has 0 saturated carbocycles. The van der Waals surface area contributed by atoms with Crippen LogP contribution in [-0.2, 0) is 12.7 Å². The highest BCUT2D eigenvalue weighted by Gasteiger charge is 2.34. The fraction of sp³-hybridized carbons (Fsp3) is 0.278. The fourth-order valence-corrected chi connectivity index (χ4v) is 2.48. The Labute approximate surface area is 154 Å². The van der Waals surface area contributed by atoms with Gasteiger partial charge in [-0.15, -0.1) is 0 Å². The number of halogens is 4. The highest BCUT2D eigenvalue weighted by atomic mass is 35.5. The molecule has 1 N–H and O–H groups in total. The second-order valence-corrected chi connectivity index (χ2v) is 5.92. The number of anilines is 1. The Kier molecular flexibility index (Phi) is 6.37. The number of rotatable bonds is 5. The third-order valence-corrected chi connectivity index (χ3v) is 3.93. The normalized spacial score (nSPS) is 11.2. The lowest BCUT2D eigenvalue weighted by Gasteiger charge is -2.21. The van der Waals surface area contributed by atoms with E-state index in [-0.39, 0.29) is 24.6 Å². The van der Waals surface area contributed by atoms with Crippen LogP contribution in [0, 0.1) is 0 Å². The van der Waals surface area contributed by atoms with Crippen LogP contribution in [-0.4, -0.2) is 24.6 Å². The van der Waals surface area contributed by atoms with E-state index < -0.39 is 17.8 Å². The maximum absolute atomic E-state index is 13.3. The molecule has 2 aromatic carbocycles. The molecule has 0 aliphatic heterocycles. The van der Waals surface area contributed by atoms with Crippen LogP contribution in [0.15, 0.2) is 42.5 Å². The number of nitrogens with zero attached hydrogens (tertiary/aromatic N) is 1. The maximum atomic E-state index is 13.3. The third kappa shape index (κ3) is 5.05. The van der Waals surface area contributed by atoms with Crippen LogP contribution in [0.4, 0.5) is 23.7 Å². The van der Waals surface area contributed by atoms with Gasteiger partial charge in [-0.05, 0) is 36.8 Å². The minimum Gasteiger partial charge on any atom is -0.494 e. The summed E-state index contributed by atoms with van der Waals surface area (Å²) in [5.41, 5.74) is -0.616. The molecule has 0 heterocycles. The molecule has 2 rings (SSSR count). The standard InChI is InChI=1S/C18H18ClF3N2O2/c1-3-26-13-8-9-16(14(10-13)18(20,21)22)23-17(25)24(2)11-12-6-4-5-7-15(12)19/h4-10H,3,11H2,1-2H3,(H,23,25). The maximum Gasteiger partial charge on any atom is 0.418 e. The van der Waals surface area contributed by atoms with Crippen LogP contribution < -0.4 is 10.1 Å². The van der Waals surface area contributed by atoms with Crippen molar-refractivity contribution in [1.29, 1.82) is 0 Å². The van der Waals surface area contributed by atoms with E-state index in [1.165, 1.54) is 24.1 Å². The topological polar surface area (TPSA) is 41.6 Å². The number of urea groups is 1. The highest BCUT2D eigenvalue weighted by molar-refractivity contribution is 6.31. The summed E-state index contributed by atoms with van der Waals surface area (Å²) in [6.45, 7) is 2.07. The van der Waals surface area contributed by atoms with Gasteiger partial charge < -0.3 is 15.0 Å². The Bertz CT molecular complexity index is 781. The van der Waals surface area contributed by atoms with E-state index in [1.807, 2.05) is 0 Å². The Hall–Kier alpha value is -2.41. The Morgan fingerprint density at radius 2 is 1.92 bits per heavy atom. The van der Waals surface area contributed by atoms with Gasteiger partial charge in [0.15, 0.2) is 0 Å². The highest BCUT2D eigenvalue weighted by Crippen LogP contribution is 2.37. The van der Waals surface area contributed by atoms with E-state index in [0.29, 0.717) is 10.6 Å². The molecule has 0 atom stereocenters. The van der Waals surface area contributed by atoms with Crippen molar-refractivity contribution in [3.8, 4) is 5.75 Å². The zero-order chi connectivity index (χ0) is 19.3. The third-order valence-electron chi connectivity index (χ3n) is 3.56. The van der Waals surface area contributed by atoms with Crippen LogP contribution in [0.5, 0.6) is 5.75 Å². The zero-order valence-electron chi connectivity index (χ0n) is 14.2. The van der Waals surface area contributed by atoms with Crippen molar-refractivity contribution < 1.29 is 22.7 Å². The van der Waals surface area contributed by atoms with Crippen molar-refractivity contribution in [2.75, 3.05) is 19.0 Å². The molecule has 2 aromatic rings. The SMILES string of the molecule is CCOc1ccc(NC(=O)N(C)Cc2ccccc2Cl)c(C(F)(F)F)c1. The minimum absolute atomic E-state index is 0.0854. The Morgan fingerprint density at radius 3 is 2.54 bits per heavy atom. The predicted molar refractivity (Wildman–Crippen MR) is 94.6 cm³/mol. The average molecular weight is 387 g/mol. The van der Waals surface area contributed by atoms with Crippen LogP contribution >= 0.6 is 11.6 Å². The van der Waals surface area contributed by atoms with Gasteiger partial charge in [0.2, 0.25) is 0 Å². The molecule has 0 unspecified atom stereocenters. The van der Waals surface area contributed by atoms with Gasteiger partial charge >= 0.3 is 12.2 Å². The summed E-state index contributed by atoms with van der Waals surface area (Å²) in [6, 6.07) is 9.67. The number of hydrogen-bond donors (Lipinski definition) is 1. The first-order valence-corrected chi connectivity index (χ1v) is 8.19. The Balaban J connectivity index is 2.18. The second kappa shape index (κ2) is 8.31. The van der Waals surface area contributed by atoms with Gasteiger partial charge in [0.1, 0.15) is 5.75 Å². The number of carbonyl (C=O) groups is 1. The molecule has 0 spiro atoms. The van der Waals surface area contributed by atoms with Gasteiger partial charge in [-0.1, -0.05) is 29.8 Å². The largest absolute Gasteiger partial charge is 0.494 e. The van der Waals surface area contributed by atoms with Crippen molar-refractivity contribution >= 4 is 23.3 Å². The van der Waals surface area contributed by atoms with Gasteiger partial charge in [-0.2, -0.15) is 13.2 Å². The van der Waals surface area contributed by atoms with Gasteiger partial charge in [0.05, 0.1) is 17.9 Å². The number of nitrogens with one attached hydrogen (secondary N) is 1. The molecule has 2 amide bonds. The summed E-state index contributed by atoms with van der Waals surface area (Å²) < 4.78 is 44.9. The number of ether oxygens (including phenoxy) is 1. The van der Waals surface area contributed by atoms with Crippen LogP contribution in [0.3, 0.4) is 0 Å². The lowest BCUT2D eigenvalue weighted by molar-refractivity contribution is -0.137. The van der Waals surface area contributed by atoms with Gasteiger partial charge in [0.25, 0.3) is 0 Å². The summed E-state index contributed by atoms with van der Waals surface area (Å²) in [4.78, 5) is 13.5. The molecule has 140 valence electrons. The van der Waals surface area contributed by atoms with Crippen molar-refractivity contribution in [3.63, 3.8) is 0 Å². The van der Waals surface area contributed by atoms with E-state index in [4.69, 9.17) is 16.3 Å². The summed E-state index contributed by atoms with van der Waals surface area (Å²) in [7, 11) is 1.47. The second-order valence-electron chi connectivity index (χ2n) is 5.52. The van der Waals surface area contributed by atoms with Gasteiger partial charge in [0, 0.05) is 18.6 Å². The molecule has 0 saturated heterocycles. The van der Waals surface area contributed by atoms with E-state index in [0.717, 1.165) is 6.07 Å². The average Bonchev–Trinajstić information content (AvgIpc) is 2.57. The summed E-state index contributed by atoms with van der Waals surface area (Å²) >= 11 is 6.04. The van der Waals surface area contributed by atoms with Gasteiger partial charge in [-0.25, -0.2) is 4.79 Å². The number of benzene rings is 2. The van der Waals surface area contributed by atoms with E-state index >= 15 is 0 Å². The van der Waals surface area contributed by atoms with Crippen LogP contribution in [0.25, 0.3) is 0 Å². The van der Waals surface area contributed by atoms with E-state index in [1.54, 1.807) is 31.2 Å². The lowest BCUT2D eigenvalue weighted by Crippen LogP contribution is -2.31. The molecule has 0 aromatic heterocycles. The smallest absolute Gasteiger partial charge is 0.418 e.